The highest BCUT2D eigenvalue weighted by Gasteiger charge is 2.28. The third-order valence-corrected chi connectivity index (χ3v) is 5.53. The van der Waals surface area contributed by atoms with Crippen LogP contribution >= 0.6 is 0 Å². The van der Waals surface area contributed by atoms with E-state index < -0.39 is 0 Å². The zero-order chi connectivity index (χ0) is 18.9. The molecular weight excluding hydrogens is 350 g/mol. The van der Waals surface area contributed by atoms with E-state index in [4.69, 9.17) is 0 Å². The average molecular weight is 373 g/mol. The lowest BCUT2D eigenvalue weighted by Crippen LogP contribution is -2.47. The fourth-order valence-corrected chi connectivity index (χ4v) is 4.15. The molecule has 1 atom stereocenters. The van der Waals surface area contributed by atoms with Gasteiger partial charge in [-0.3, -0.25) is 0 Å². The minimum Gasteiger partial charge on any atom is -0.353 e. The first-order valence-corrected chi connectivity index (χ1v) is 9.76. The van der Waals surface area contributed by atoms with Gasteiger partial charge in [-0.15, -0.1) is 0 Å². The largest absolute Gasteiger partial charge is 0.353 e. The van der Waals surface area contributed by atoms with Crippen LogP contribution < -0.4 is 14.7 Å². The fourth-order valence-electron chi connectivity index (χ4n) is 4.15. The normalized spacial score (nSPS) is 19.0. The Morgan fingerprint density at radius 2 is 1.54 bits per heavy atom. The number of anilines is 4. The van der Waals surface area contributed by atoms with Gasteiger partial charge in [0.1, 0.15) is 18.0 Å². The predicted octanol–water partition coefficient (Wildman–Crippen LogP) is 2.68. The zero-order valence-electron chi connectivity index (χ0n) is 15.9. The minimum absolute atomic E-state index is 0.396. The van der Waals surface area contributed by atoms with Gasteiger partial charge in [0.05, 0.1) is 0 Å². The highest BCUT2D eigenvalue weighted by Crippen LogP contribution is 2.37. The Morgan fingerprint density at radius 3 is 2.36 bits per heavy atom. The van der Waals surface area contributed by atoms with Crippen LogP contribution in [-0.2, 0) is 6.42 Å². The van der Waals surface area contributed by atoms with E-state index in [-0.39, 0.29) is 0 Å². The van der Waals surface area contributed by atoms with E-state index in [0.717, 1.165) is 50.2 Å². The van der Waals surface area contributed by atoms with Crippen molar-refractivity contribution in [2.45, 2.75) is 19.4 Å². The molecule has 1 saturated heterocycles. The molecule has 0 aliphatic carbocycles. The molecule has 1 fully saturated rings. The fraction of sp³-hybridized carbons (Fsp3) is 0.333. The van der Waals surface area contributed by atoms with E-state index >= 15 is 0 Å². The molecule has 2 aliphatic rings. The Hall–Kier alpha value is -3.22. The van der Waals surface area contributed by atoms with Crippen molar-refractivity contribution >= 4 is 23.3 Å². The quantitative estimate of drug-likeness (QED) is 0.699. The maximum absolute atomic E-state index is 4.59. The Kier molecular flexibility index (Phi) is 4.27. The number of fused-ring (bicyclic) bond motifs is 1. The molecule has 142 valence electrons. The monoisotopic (exact) mass is 373 g/mol. The van der Waals surface area contributed by atoms with E-state index in [1.807, 2.05) is 6.07 Å². The SMILES string of the molecule is CC1Cc2ccccc2N1c1cc(N2CCN(c3ncccn3)CC2)ncn1. The smallest absolute Gasteiger partial charge is 0.225 e. The van der Waals surface area contributed by atoms with Gasteiger partial charge in [0, 0.05) is 56.4 Å². The molecule has 0 N–H and O–H groups in total. The molecule has 7 heteroatoms. The van der Waals surface area contributed by atoms with Crippen LogP contribution in [0.1, 0.15) is 12.5 Å². The molecule has 28 heavy (non-hydrogen) atoms. The average Bonchev–Trinajstić information content (AvgIpc) is 3.10. The second-order valence-corrected chi connectivity index (χ2v) is 7.31. The van der Waals surface area contributed by atoms with E-state index in [0.29, 0.717) is 6.04 Å². The van der Waals surface area contributed by atoms with Gasteiger partial charge in [-0.05, 0) is 31.0 Å². The number of aromatic nitrogens is 4. The van der Waals surface area contributed by atoms with Crippen LogP contribution in [0.4, 0.5) is 23.3 Å². The predicted molar refractivity (Wildman–Crippen MR) is 110 cm³/mol. The Bertz CT molecular complexity index is 954. The standard InChI is InChI=1S/C21H23N7/c1-16-13-17-5-2-3-6-18(17)28(16)20-14-19(24-15-25-20)26-9-11-27(12-10-26)21-22-7-4-8-23-21/h2-8,14-16H,9-13H2,1H3. The number of hydrogen-bond donors (Lipinski definition) is 0. The van der Waals surface area contributed by atoms with E-state index in [9.17, 15) is 0 Å². The van der Waals surface area contributed by atoms with Crippen molar-refractivity contribution in [3.05, 3.63) is 60.7 Å². The van der Waals surface area contributed by atoms with E-state index in [1.54, 1.807) is 18.7 Å². The first-order chi connectivity index (χ1) is 13.8. The molecule has 3 aromatic rings. The summed E-state index contributed by atoms with van der Waals surface area (Å²) in [5, 5.41) is 0. The molecule has 2 aromatic heterocycles. The summed E-state index contributed by atoms with van der Waals surface area (Å²) in [5.74, 6) is 2.75. The first kappa shape index (κ1) is 16.9. The molecule has 1 unspecified atom stereocenters. The summed E-state index contributed by atoms with van der Waals surface area (Å²) in [6.07, 6.45) is 6.32. The Morgan fingerprint density at radius 1 is 0.821 bits per heavy atom. The third-order valence-electron chi connectivity index (χ3n) is 5.53. The van der Waals surface area contributed by atoms with Crippen LogP contribution in [0.3, 0.4) is 0 Å². The van der Waals surface area contributed by atoms with Crippen molar-refractivity contribution in [3.8, 4) is 0 Å². The lowest BCUT2D eigenvalue weighted by atomic mass is 10.1. The van der Waals surface area contributed by atoms with Gasteiger partial charge >= 0.3 is 0 Å². The van der Waals surface area contributed by atoms with Crippen molar-refractivity contribution in [2.75, 3.05) is 40.9 Å². The van der Waals surface area contributed by atoms with Crippen molar-refractivity contribution in [2.24, 2.45) is 0 Å². The van der Waals surface area contributed by atoms with E-state index in [2.05, 4.69) is 71.9 Å². The molecule has 2 aliphatic heterocycles. The summed E-state index contributed by atoms with van der Waals surface area (Å²) < 4.78 is 0. The first-order valence-electron chi connectivity index (χ1n) is 9.76. The maximum atomic E-state index is 4.59. The number of rotatable bonds is 3. The van der Waals surface area contributed by atoms with Crippen LogP contribution in [-0.4, -0.2) is 52.2 Å². The third kappa shape index (κ3) is 3.02. The van der Waals surface area contributed by atoms with Crippen LogP contribution in [0.5, 0.6) is 0 Å². The van der Waals surface area contributed by atoms with Crippen molar-refractivity contribution < 1.29 is 0 Å². The molecule has 0 amide bonds. The van der Waals surface area contributed by atoms with Gasteiger partial charge in [-0.25, -0.2) is 19.9 Å². The summed E-state index contributed by atoms with van der Waals surface area (Å²) in [6.45, 7) is 5.79. The summed E-state index contributed by atoms with van der Waals surface area (Å²) in [7, 11) is 0. The van der Waals surface area contributed by atoms with Crippen LogP contribution in [0.2, 0.25) is 0 Å². The molecule has 1 aromatic carbocycles. The summed E-state index contributed by atoms with van der Waals surface area (Å²) in [4.78, 5) is 24.7. The topological polar surface area (TPSA) is 61.3 Å². The van der Waals surface area contributed by atoms with Gasteiger partial charge < -0.3 is 14.7 Å². The molecule has 4 heterocycles. The number of para-hydroxylation sites is 1. The summed E-state index contributed by atoms with van der Waals surface area (Å²) in [5.41, 5.74) is 2.64. The molecule has 0 bridgehead atoms. The number of nitrogens with zero attached hydrogens (tertiary/aromatic N) is 7. The summed E-state index contributed by atoms with van der Waals surface area (Å²) in [6, 6.07) is 12.9. The summed E-state index contributed by atoms with van der Waals surface area (Å²) >= 11 is 0. The minimum atomic E-state index is 0.396. The Labute approximate surface area is 164 Å². The van der Waals surface area contributed by atoms with Crippen LogP contribution in [0.15, 0.2) is 55.1 Å². The van der Waals surface area contributed by atoms with Crippen LogP contribution in [0, 0.1) is 0 Å². The van der Waals surface area contributed by atoms with Gasteiger partial charge in [0.15, 0.2) is 0 Å². The molecule has 0 spiro atoms. The number of piperazine rings is 1. The van der Waals surface area contributed by atoms with Gasteiger partial charge in [-0.1, -0.05) is 18.2 Å². The lowest BCUT2D eigenvalue weighted by molar-refractivity contribution is 0.633. The number of hydrogen-bond acceptors (Lipinski definition) is 7. The van der Waals surface area contributed by atoms with Crippen molar-refractivity contribution in [3.63, 3.8) is 0 Å². The molecular formula is C21H23N7. The van der Waals surface area contributed by atoms with Crippen molar-refractivity contribution in [1.82, 2.24) is 19.9 Å². The number of benzene rings is 1. The highest BCUT2D eigenvalue weighted by molar-refractivity contribution is 5.70. The molecule has 0 saturated carbocycles. The van der Waals surface area contributed by atoms with Gasteiger partial charge in [-0.2, -0.15) is 0 Å². The second-order valence-electron chi connectivity index (χ2n) is 7.31. The lowest BCUT2D eigenvalue weighted by Gasteiger charge is -2.35. The van der Waals surface area contributed by atoms with Gasteiger partial charge in [0.25, 0.3) is 0 Å². The van der Waals surface area contributed by atoms with Crippen molar-refractivity contribution in [1.29, 1.82) is 0 Å². The second kappa shape index (κ2) is 7.07. The van der Waals surface area contributed by atoms with Gasteiger partial charge in [0.2, 0.25) is 5.95 Å². The zero-order valence-corrected chi connectivity index (χ0v) is 15.9. The molecule has 0 radical (unpaired) electrons. The van der Waals surface area contributed by atoms with E-state index in [1.165, 1.54) is 11.3 Å². The maximum Gasteiger partial charge on any atom is 0.225 e. The molecule has 5 rings (SSSR count). The highest BCUT2D eigenvalue weighted by atomic mass is 15.3. The Balaban J connectivity index is 1.35. The molecule has 7 nitrogen and oxygen atoms in total. The van der Waals surface area contributed by atoms with Crippen LogP contribution in [0.25, 0.3) is 0 Å².